The van der Waals surface area contributed by atoms with Crippen molar-refractivity contribution in [1.29, 1.82) is 0 Å². The van der Waals surface area contributed by atoms with E-state index in [1.54, 1.807) is 0 Å². The lowest BCUT2D eigenvalue weighted by Crippen LogP contribution is -2.09. The van der Waals surface area contributed by atoms with E-state index in [-0.39, 0.29) is 0 Å². The normalized spacial score (nSPS) is 33.5. The van der Waals surface area contributed by atoms with Gasteiger partial charge in [0.2, 0.25) is 0 Å². The fourth-order valence-electron chi connectivity index (χ4n) is 2.39. The summed E-state index contributed by atoms with van der Waals surface area (Å²) >= 11 is 0. The highest BCUT2D eigenvalue weighted by Gasteiger charge is 2.56. The highest BCUT2D eigenvalue weighted by Crippen LogP contribution is 2.61. The number of hydrogen-bond donors (Lipinski definition) is 1. The molecule has 1 rings (SSSR count). The molecule has 1 aliphatic carbocycles. The minimum Gasteiger partial charge on any atom is -0.330 e. The van der Waals surface area contributed by atoms with Gasteiger partial charge in [0.15, 0.2) is 0 Å². The van der Waals surface area contributed by atoms with Crippen molar-refractivity contribution in [2.45, 2.75) is 41.0 Å². The van der Waals surface area contributed by atoms with E-state index in [1.165, 1.54) is 6.42 Å². The van der Waals surface area contributed by atoms with Gasteiger partial charge in [0.25, 0.3) is 0 Å². The molecule has 0 amide bonds. The zero-order chi connectivity index (χ0) is 9.57. The van der Waals surface area contributed by atoms with Crippen LogP contribution in [0.3, 0.4) is 0 Å². The first-order valence-electron chi connectivity index (χ1n) is 4.99. The largest absolute Gasteiger partial charge is 0.330 e. The minimum absolute atomic E-state index is 0.464. The van der Waals surface area contributed by atoms with Crippen molar-refractivity contribution >= 4 is 0 Å². The second kappa shape index (κ2) is 2.73. The van der Waals surface area contributed by atoms with E-state index in [0.717, 1.165) is 18.4 Å². The molecular weight excluding hydrogens is 146 g/mol. The summed E-state index contributed by atoms with van der Waals surface area (Å²) in [7, 11) is 0. The molecule has 2 atom stereocenters. The van der Waals surface area contributed by atoms with Crippen LogP contribution in [0.15, 0.2) is 0 Å². The Kier molecular flexibility index (Phi) is 2.28. The van der Waals surface area contributed by atoms with E-state index in [4.69, 9.17) is 5.73 Å². The lowest BCUT2D eigenvalue weighted by molar-refractivity contribution is 0.326. The van der Waals surface area contributed by atoms with Crippen LogP contribution in [-0.2, 0) is 0 Å². The molecule has 1 saturated carbocycles. The SMILES string of the molecule is CC(C)(C)CC1C(CN)C1(C)C. The molecule has 0 aliphatic heterocycles. The molecule has 0 aromatic heterocycles. The lowest BCUT2D eigenvalue weighted by atomic mass is 9.87. The molecule has 1 nitrogen and oxygen atoms in total. The summed E-state index contributed by atoms with van der Waals surface area (Å²) in [4.78, 5) is 0. The van der Waals surface area contributed by atoms with Crippen LogP contribution in [0.4, 0.5) is 0 Å². The first-order chi connectivity index (χ1) is 5.29. The maximum atomic E-state index is 5.72. The topological polar surface area (TPSA) is 26.0 Å². The second-order valence-corrected chi connectivity index (χ2v) is 6.03. The Bertz CT molecular complexity index is 164. The molecule has 0 aromatic carbocycles. The van der Waals surface area contributed by atoms with Crippen molar-refractivity contribution in [2.75, 3.05) is 6.54 Å². The molecule has 0 saturated heterocycles. The van der Waals surface area contributed by atoms with Crippen LogP contribution < -0.4 is 5.73 Å². The molecule has 1 heteroatoms. The van der Waals surface area contributed by atoms with Gasteiger partial charge in [-0.3, -0.25) is 0 Å². The Morgan fingerprint density at radius 1 is 1.17 bits per heavy atom. The second-order valence-electron chi connectivity index (χ2n) is 6.03. The van der Waals surface area contributed by atoms with Gasteiger partial charge in [0.05, 0.1) is 0 Å². The predicted octanol–water partition coefficient (Wildman–Crippen LogP) is 2.65. The van der Waals surface area contributed by atoms with Gasteiger partial charge < -0.3 is 5.73 Å². The third kappa shape index (κ3) is 1.82. The van der Waals surface area contributed by atoms with E-state index < -0.39 is 0 Å². The highest BCUT2D eigenvalue weighted by atomic mass is 14.7. The number of nitrogens with two attached hydrogens (primary N) is 1. The van der Waals surface area contributed by atoms with Crippen LogP contribution in [0.2, 0.25) is 0 Å². The van der Waals surface area contributed by atoms with Crippen molar-refractivity contribution in [3.05, 3.63) is 0 Å². The highest BCUT2D eigenvalue weighted by molar-refractivity contribution is 5.06. The Morgan fingerprint density at radius 3 is 1.92 bits per heavy atom. The molecule has 0 radical (unpaired) electrons. The van der Waals surface area contributed by atoms with Crippen molar-refractivity contribution in [2.24, 2.45) is 28.4 Å². The molecule has 0 aromatic rings. The Labute approximate surface area is 76.7 Å². The maximum absolute atomic E-state index is 5.72. The van der Waals surface area contributed by atoms with Crippen molar-refractivity contribution in [3.63, 3.8) is 0 Å². The molecule has 0 bridgehead atoms. The first-order valence-corrected chi connectivity index (χ1v) is 4.99. The van der Waals surface area contributed by atoms with Gasteiger partial charge in [0.1, 0.15) is 0 Å². The van der Waals surface area contributed by atoms with E-state index in [2.05, 4.69) is 34.6 Å². The lowest BCUT2D eigenvalue weighted by Gasteiger charge is -2.18. The van der Waals surface area contributed by atoms with E-state index in [1.807, 2.05) is 0 Å². The molecule has 0 heterocycles. The Balaban J connectivity index is 2.48. The third-order valence-corrected chi connectivity index (χ3v) is 3.37. The summed E-state index contributed by atoms with van der Waals surface area (Å²) in [6.07, 6.45) is 1.32. The molecule has 2 N–H and O–H groups in total. The molecule has 2 unspecified atom stereocenters. The van der Waals surface area contributed by atoms with Crippen LogP contribution in [0.5, 0.6) is 0 Å². The first kappa shape index (κ1) is 10.0. The number of rotatable bonds is 2. The minimum atomic E-state index is 0.464. The molecular formula is C11H23N. The van der Waals surface area contributed by atoms with Crippen LogP contribution in [0, 0.1) is 22.7 Å². The summed E-state index contributed by atoms with van der Waals surface area (Å²) in [5.41, 5.74) is 6.70. The van der Waals surface area contributed by atoms with E-state index >= 15 is 0 Å². The van der Waals surface area contributed by atoms with Crippen LogP contribution in [-0.4, -0.2) is 6.54 Å². The van der Waals surface area contributed by atoms with Crippen molar-refractivity contribution < 1.29 is 0 Å². The molecule has 1 fully saturated rings. The standard InChI is InChI=1S/C11H23N/c1-10(2,3)6-8-9(7-12)11(8,4)5/h8-9H,6-7,12H2,1-5H3. The molecule has 0 spiro atoms. The molecule has 1 aliphatic rings. The molecule has 12 heavy (non-hydrogen) atoms. The van der Waals surface area contributed by atoms with Gasteiger partial charge in [-0.2, -0.15) is 0 Å². The zero-order valence-corrected chi connectivity index (χ0v) is 9.15. The third-order valence-electron chi connectivity index (χ3n) is 3.37. The van der Waals surface area contributed by atoms with Crippen LogP contribution in [0.1, 0.15) is 41.0 Å². The van der Waals surface area contributed by atoms with E-state index in [0.29, 0.717) is 10.8 Å². The number of hydrogen-bond acceptors (Lipinski definition) is 1. The summed E-state index contributed by atoms with van der Waals surface area (Å²) < 4.78 is 0. The fraction of sp³-hybridized carbons (Fsp3) is 1.00. The zero-order valence-electron chi connectivity index (χ0n) is 9.15. The smallest absolute Gasteiger partial charge is 0.00408 e. The quantitative estimate of drug-likeness (QED) is 0.675. The summed E-state index contributed by atoms with van der Waals surface area (Å²) in [5.74, 6) is 1.64. The summed E-state index contributed by atoms with van der Waals surface area (Å²) in [5, 5.41) is 0. The van der Waals surface area contributed by atoms with Gasteiger partial charge in [0, 0.05) is 0 Å². The molecule has 72 valence electrons. The summed E-state index contributed by atoms with van der Waals surface area (Å²) in [6.45, 7) is 12.5. The van der Waals surface area contributed by atoms with Gasteiger partial charge in [-0.25, -0.2) is 0 Å². The van der Waals surface area contributed by atoms with Crippen molar-refractivity contribution in [3.8, 4) is 0 Å². The predicted molar refractivity (Wildman–Crippen MR) is 53.9 cm³/mol. The van der Waals surface area contributed by atoms with Gasteiger partial charge in [-0.05, 0) is 35.6 Å². The van der Waals surface area contributed by atoms with Gasteiger partial charge in [-0.15, -0.1) is 0 Å². The average molecular weight is 169 g/mol. The Morgan fingerprint density at radius 2 is 1.67 bits per heavy atom. The van der Waals surface area contributed by atoms with Gasteiger partial charge >= 0.3 is 0 Å². The van der Waals surface area contributed by atoms with Gasteiger partial charge in [-0.1, -0.05) is 34.6 Å². The summed E-state index contributed by atoms with van der Waals surface area (Å²) in [6, 6.07) is 0. The van der Waals surface area contributed by atoms with Crippen LogP contribution in [0.25, 0.3) is 0 Å². The van der Waals surface area contributed by atoms with Crippen LogP contribution >= 0.6 is 0 Å². The average Bonchev–Trinajstić information content (AvgIpc) is 2.30. The Hall–Kier alpha value is -0.0400. The van der Waals surface area contributed by atoms with Crippen molar-refractivity contribution in [1.82, 2.24) is 0 Å². The fourth-order valence-corrected chi connectivity index (χ4v) is 2.39. The maximum Gasteiger partial charge on any atom is -0.00408 e. The monoisotopic (exact) mass is 169 g/mol. The van der Waals surface area contributed by atoms with E-state index in [9.17, 15) is 0 Å².